The van der Waals surface area contributed by atoms with Gasteiger partial charge in [-0.3, -0.25) is 10.1 Å². The van der Waals surface area contributed by atoms with Gasteiger partial charge in [-0.15, -0.1) is 10.2 Å². The van der Waals surface area contributed by atoms with Crippen molar-refractivity contribution in [2.45, 2.75) is 13.0 Å². The molecule has 0 fully saturated rings. The number of allylic oxidation sites excluding steroid dienone is 1. The first-order valence-electron chi connectivity index (χ1n) is 9.12. The summed E-state index contributed by atoms with van der Waals surface area (Å²) in [4.78, 5) is 22.8. The fourth-order valence-corrected chi connectivity index (χ4v) is 3.18. The molecule has 0 bridgehead atoms. The lowest BCUT2D eigenvalue weighted by Gasteiger charge is -2.24. The molecule has 9 heteroatoms. The van der Waals surface area contributed by atoms with Crippen LogP contribution in [0.3, 0.4) is 0 Å². The van der Waals surface area contributed by atoms with Crippen LogP contribution in [0.5, 0.6) is 0 Å². The number of benzene rings is 2. The molecule has 1 atom stereocenters. The fourth-order valence-electron chi connectivity index (χ4n) is 3.18. The van der Waals surface area contributed by atoms with Gasteiger partial charge in [0.25, 0.3) is 11.6 Å². The molecule has 0 spiro atoms. The van der Waals surface area contributed by atoms with E-state index < -0.39 is 11.0 Å². The molecule has 1 aliphatic heterocycles. The number of rotatable bonds is 5. The molecule has 0 saturated heterocycles. The van der Waals surface area contributed by atoms with Gasteiger partial charge in [-0.25, -0.2) is 4.79 Å². The highest BCUT2D eigenvalue weighted by Crippen LogP contribution is 2.31. The maximum Gasteiger partial charge on any atom is 0.319 e. The van der Waals surface area contributed by atoms with E-state index in [1.165, 1.54) is 6.07 Å². The number of carbonyl (C=O) groups excluding carboxylic acids is 1. The number of nitrogens with zero attached hydrogens (tertiary/aromatic N) is 3. The van der Waals surface area contributed by atoms with E-state index in [1.54, 1.807) is 25.1 Å². The Morgan fingerprint density at radius 1 is 1.07 bits per heavy atom. The molecule has 3 aromatic rings. The van der Waals surface area contributed by atoms with E-state index in [0.717, 1.165) is 5.56 Å². The van der Waals surface area contributed by atoms with E-state index in [4.69, 9.17) is 4.42 Å². The number of urea groups is 1. The number of carbonyl (C=O) groups is 1. The molecule has 0 aliphatic carbocycles. The summed E-state index contributed by atoms with van der Waals surface area (Å²) in [7, 11) is 0. The number of nitro groups is 1. The summed E-state index contributed by atoms with van der Waals surface area (Å²) in [5.41, 5.74) is 2.20. The van der Waals surface area contributed by atoms with Crippen molar-refractivity contribution in [3.8, 4) is 11.5 Å². The second-order valence-electron chi connectivity index (χ2n) is 6.57. The minimum Gasteiger partial charge on any atom is -0.416 e. The van der Waals surface area contributed by atoms with Crippen LogP contribution in [0.25, 0.3) is 23.1 Å². The van der Waals surface area contributed by atoms with Gasteiger partial charge in [0.05, 0.1) is 16.5 Å². The molecule has 2 amide bonds. The van der Waals surface area contributed by atoms with Crippen molar-refractivity contribution in [2.24, 2.45) is 0 Å². The lowest BCUT2D eigenvalue weighted by atomic mass is 10.0. The highest BCUT2D eigenvalue weighted by molar-refractivity contribution is 5.87. The molecule has 1 aliphatic rings. The maximum absolute atomic E-state index is 12.0. The lowest BCUT2D eigenvalue weighted by molar-refractivity contribution is -0.384. The first-order valence-corrected chi connectivity index (χ1v) is 9.12. The molecule has 1 unspecified atom stereocenters. The van der Waals surface area contributed by atoms with Crippen molar-refractivity contribution >= 4 is 23.4 Å². The average molecular weight is 403 g/mol. The average Bonchev–Trinajstić information content (AvgIpc) is 3.22. The second kappa shape index (κ2) is 8.00. The summed E-state index contributed by atoms with van der Waals surface area (Å²) in [5.74, 6) is 0.191. The summed E-state index contributed by atoms with van der Waals surface area (Å²) >= 11 is 0. The van der Waals surface area contributed by atoms with E-state index in [0.29, 0.717) is 11.3 Å². The van der Waals surface area contributed by atoms with Gasteiger partial charge >= 0.3 is 6.03 Å². The van der Waals surface area contributed by atoms with Crippen molar-refractivity contribution < 1.29 is 14.1 Å². The Balaban J connectivity index is 1.71. The third kappa shape index (κ3) is 3.81. The van der Waals surface area contributed by atoms with Crippen LogP contribution in [0.1, 0.15) is 18.4 Å². The van der Waals surface area contributed by atoms with Gasteiger partial charge in [-0.2, -0.15) is 0 Å². The normalized spacial score (nSPS) is 16.4. The summed E-state index contributed by atoms with van der Waals surface area (Å²) in [6, 6.07) is 14.9. The monoisotopic (exact) mass is 403 g/mol. The van der Waals surface area contributed by atoms with Gasteiger partial charge < -0.3 is 15.1 Å². The van der Waals surface area contributed by atoms with E-state index in [2.05, 4.69) is 20.8 Å². The Labute approximate surface area is 171 Å². The third-order valence-electron chi connectivity index (χ3n) is 4.57. The topological polar surface area (TPSA) is 123 Å². The zero-order chi connectivity index (χ0) is 21.1. The van der Waals surface area contributed by atoms with Gasteiger partial charge in [0.15, 0.2) is 0 Å². The Kier molecular flexibility index (Phi) is 5.08. The maximum atomic E-state index is 12.0. The first-order chi connectivity index (χ1) is 14.5. The second-order valence-corrected chi connectivity index (χ2v) is 6.57. The van der Waals surface area contributed by atoms with Crippen molar-refractivity contribution in [1.29, 1.82) is 0 Å². The van der Waals surface area contributed by atoms with Crippen LogP contribution in [0.2, 0.25) is 0 Å². The molecule has 2 N–H and O–H groups in total. The Bertz CT molecular complexity index is 1170. The molecule has 1 aromatic heterocycles. The number of hydrogen-bond acceptors (Lipinski definition) is 6. The van der Waals surface area contributed by atoms with Crippen LogP contribution in [0, 0.1) is 10.1 Å². The number of aromatic nitrogens is 2. The van der Waals surface area contributed by atoms with Gasteiger partial charge in [-0.1, -0.05) is 54.6 Å². The van der Waals surface area contributed by atoms with Crippen LogP contribution in [-0.4, -0.2) is 27.2 Å². The number of nitrogens with one attached hydrogen (secondary N) is 2. The molecule has 9 nitrogen and oxygen atoms in total. The number of nitro benzene ring substituents is 1. The molecular formula is C21H17N5O4. The molecule has 150 valence electrons. The smallest absolute Gasteiger partial charge is 0.319 e. The van der Waals surface area contributed by atoms with Gasteiger partial charge in [0, 0.05) is 11.8 Å². The molecule has 4 rings (SSSR count). The van der Waals surface area contributed by atoms with Gasteiger partial charge in [0.2, 0.25) is 5.89 Å². The van der Waals surface area contributed by atoms with Crippen LogP contribution in [-0.2, 0) is 0 Å². The SMILES string of the molecule is CC1=C(c2nnc(-c3ccccc3[N+](=O)[O-])o2)C(/C=C/c2ccccc2)NC(=O)N1. The zero-order valence-corrected chi connectivity index (χ0v) is 15.9. The van der Waals surface area contributed by atoms with E-state index in [-0.39, 0.29) is 29.1 Å². The van der Waals surface area contributed by atoms with E-state index in [1.807, 2.05) is 42.5 Å². The van der Waals surface area contributed by atoms with E-state index in [9.17, 15) is 14.9 Å². The van der Waals surface area contributed by atoms with Crippen molar-refractivity contribution in [3.63, 3.8) is 0 Å². The number of hydrogen-bond donors (Lipinski definition) is 2. The fraction of sp³-hybridized carbons (Fsp3) is 0.0952. The number of amides is 2. The summed E-state index contributed by atoms with van der Waals surface area (Å²) in [6.07, 6.45) is 3.70. The molecular weight excluding hydrogens is 386 g/mol. The Morgan fingerprint density at radius 2 is 1.77 bits per heavy atom. The van der Waals surface area contributed by atoms with Crippen molar-refractivity contribution in [2.75, 3.05) is 0 Å². The van der Waals surface area contributed by atoms with Crippen molar-refractivity contribution in [1.82, 2.24) is 20.8 Å². The molecule has 30 heavy (non-hydrogen) atoms. The minimum atomic E-state index is -0.516. The minimum absolute atomic E-state index is 0.0280. The Hall–Kier alpha value is -4.27. The predicted octanol–water partition coefficient (Wildman–Crippen LogP) is 3.77. The molecule has 2 heterocycles. The first kappa shape index (κ1) is 19.1. The standard InChI is InChI=1S/C21H17N5O4/c1-13-18(16(23-21(27)22-13)12-11-14-7-3-2-4-8-14)20-25-24-19(30-20)15-9-5-6-10-17(15)26(28)29/h2-12,16H,1H3,(H2,22,23,27)/b12-11+. The summed E-state index contributed by atoms with van der Waals surface area (Å²) < 4.78 is 5.78. The van der Waals surface area contributed by atoms with Gasteiger partial charge in [-0.05, 0) is 18.6 Å². The van der Waals surface area contributed by atoms with Gasteiger partial charge in [0.1, 0.15) is 5.56 Å². The summed E-state index contributed by atoms with van der Waals surface area (Å²) in [5, 5.41) is 24.9. The molecule has 0 saturated carbocycles. The number of para-hydroxylation sites is 1. The highest BCUT2D eigenvalue weighted by Gasteiger charge is 2.29. The van der Waals surface area contributed by atoms with Crippen LogP contribution < -0.4 is 10.6 Å². The quantitative estimate of drug-likeness (QED) is 0.494. The zero-order valence-electron chi connectivity index (χ0n) is 15.9. The van der Waals surface area contributed by atoms with E-state index >= 15 is 0 Å². The van der Waals surface area contributed by atoms with Crippen LogP contribution in [0.4, 0.5) is 10.5 Å². The highest BCUT2D eigenvalue weighted by atomic mass is 16.6. The lowest BCUT2D eigenvalue weighted by Crippen LogP contribution is -2.46. The van der Waals surface area contributed by atoms with Crippen LogP contribution >= 0.6 is 0 Å². The van der Waals surface area contributed by atoms with Crippen molar-refractivity contribution in [3.05, 3.63) is 87.9 Å². The summed E-state index contributed by atoms with van der Waals surface area (Å²) in [6.45, 7) is 1.73. The third-order valence-corrected chi connectivity index (χ3v) is 4.57. The Morgan fingerprint density at radius 3 is 2.53 bits per heavy atom. The van der Waals surface area contributed by atoms with Crippen LogP contribution in [0.15, 0.2) is 70.8 Å². The largest absolute Gasteiger partial charge is 0.416 e. The predicted molar refractivity (Wildman–Crippen MR) is 110 cm³/mol. The molecule has 2 aromatic carbocycles. The molecule has 0 radical (unpaired) electrons.